The van der Waals surface area contributed by atoms with Crippen LogP contribution in [0.3, 0.4) is 0 Å². The number of aliphatic hydroxyl groups is 1. The highest BCUT2D eigenvalue weighted by molar-refractivity contribution is 8.00. The van der Waals surface area contributed by atoms with E-state index in [4.69, 9.17) is 26.2 Å². The summed E-state index contributed by atoms with van der Waals surface area (Å²) in [5.41, 5.74) is -3.92. The van der Waals surface area contributed by atoms with Crippen LogP contribution in [-0.2, 0) is 6.61 Å². The van der Waals surface area contributed by atoms with E-state index in [2.05, 4.69) is 0 Å². The van der Waals surface area contributed by atoms with Gasteiger partial charge >= 0.3 is 5.51 Å². The molecule has 3 nitrogen and oxygen atoms in total. The van der Waals surface area contributed by atoms with Crippen molar-refractivity contribution in [1.82, 2.24) is 0 Å². The van der Waals surface area contributed by atoms with Crippen molar-refractivity contribution < 1.29 is 27.8 Å². The zero-order valence-corrected chi connectivity index (χ0v) is 11.5. The third-order valence-corrected chi connectivity index (χ3v) is 3.00. The fourth-order valence-electron chi connectivity index (χ4n) is 1.36. The number of methoxy groups -OCH3 is 1. The third-order valence-electron chi connectivity index (χ3n) is 2.08. The van der Waals surface area contributed by atoms with E-state index in [9.17, 15) is 13.2 Å². The molecule has 0 unspecified atom stereocenters. The second kappa shape index (κ2) is 7.12. The van der Waals surface area contributed by atoms with Gasteiger partial charge in [-0.2, -0.15) is 13.2 Å². The van der Waals surface area contributed by atoms with E-state index in [0.717, 1.165) is 0 Å². The van der Waals surface area contributed by atoms with Gasteiger partial charge in [-0.25, -0.2) is 0 Å². The molecule has 1 rings (SSSR count). The molecule has 1 aromatic rings. The maximum Gasteiger partial charge on any atom is 0.441 e. The first-order valence-electron chi connectivity index (χ1n) is 5.18. The highest BCUT2D eigenvalue weighted by Gasteiger charge is 2.27. The largest absolute Gasteiger partial charge is 0.493 e. The summed E-state index contributed by atoms with van der Waals surface area (Å²) in [6.07, 6.45) is 0. The number of ether oxygens (including phenoxy) is 2. The van der Waals surface area contributed by atoms with Crippen molar-refractivity contribution in [3.8, 4) is 11.5 Å². The zero-order valence-electron chi connectivity index (χ0n) is 9.96. The molecule has 8 heteroatoms. The monoisotopic (exact) mass is 316 g/mol. The number of hydrogen-bond donors (Lipinski definition) is 1. The lowest BCUT2D eigenvalue weighted by Gasteiger charge is -2.15. The van der Waals surface area contributed by atoms with Crippen LogP contribution >= 0.6 is 23.4 Å². The summed E-state index contributed by atoms with van der Waals surface area (Å²) < 4.78 is 46.1. The summed E-state index contributed by atoms with van der Waals surface area (Å²) in [5, 5.41) is 9.51. The number of hydrogen-bond acceptors (Lipinski definition) is 4. The minimum absolute atomic E-state index is 0.158. The predicted molar refractivity (Wildman–Crippen MR) is 67.9 cm³/mol. The summed E-state index contributed by atoms with van der Waals surface area (Å²) in [5.74, 6) is 0.228. The Balaban J connectivity index is 2.71. The lowest BCUT2D eigenvalue weighted by molar-refractivity contribution is -0.0329. The highest BCUT2D eigenvalue weighted by Crippen LogP contribution is 2.35. The lowest BCUT2D eigenvalue weighted by Crippen LogP contribution is -2.09. The summed E-state index contributed by atoms with van der Waals surface area (Å²) in [7, 11) is 1.38. The molecule has 0 saturated carbocycles. The average Bonchev–Trinajstić information content (AvgIpc) is 2.33. The molecule has 0 spiro atoms. The molecule has 0 aliphatic rings. The Hall–Kier alpha value is -0.790. The van der Waals surface area contributed by atoms with Crippen molar-refractivity contribution in [2.75, 3.05) is 19.5 Å². The van der Waals surface area contributed by atoms with Crippen LogP contribution in [-0.4, -0.2) is 30.1 Å². The average molecular weight is 317 g/mol. The first kappa shape index (κ1) is 16.3. The number of thioether (sulfide) groups is 1. The van der Waals surface area contributed by atoms with Crippen LogP contribution in [0.2, 0.25) is 5.02 Å². The lowest BCUT2D eigenvalue weighted by atomic mass is 10.2. The molecule has 0 bridgehead atoms. The van der Waals surface area contributed by atoms with Crippen LogP contribution in [0.15, 0.2) is 12.1 Å². The Morgan fingerprint density at radius 3 is 2.58 bits per heavy atom. The summed E-state index contributed by atoms with van der Waals surface area (Å²) in [4.78, 5) is 0. The van der Waals surface area contributed by atoms with Crippen LogP contribution < -0.4 is 9.47 Å². The van der Waals surface area contributed by atoms with E-state index in [-0.39, 0.29) is 42.2 Å². The molecule has 1 N–H and O–H groups in total. The van der Waals surface area contributed by atoms with Crippen molar-refractivity contribution in [2.45, 2.75) is 12.1 Å². The molecule has 0 heterocycles. The van der Waals surface area contributed by atoms with Crippen LogP contribution in [0.25, 0.3) is 0 Å². The van der Waals surface area contributed by atoms with Crippen molar-refractivity contribution in [2.24, 2.45) is 0 Å². The molecular weight excluding hydrogens is 305 g/mol. The Bertz CT molecular complexity index is 401. The van der Waals surface area contributed by atoms with E-state index in [1.54, 1.807) is 0 Å². The van der Waals surface area contributed by atoms with E-state index in [1.165, 1.54) is 19.2 Å². The van der Waals surface area contributed by atoms with E-state index in [1.807, 2.05) is 0 Å². The predicted octanol–water partition coefficient (Wildman–Crippen LogP) is 3.47. The molecule has 0 saturated heterocycles. The number of halogens is 4. The topological polar surface area (TPSA) is 38.7 Å². The second-order valence-corrected chi connectivity index (χ2v) is 4.99. The highest BCUT2D eigenvalue weighted by atomic mass is 35.5. The van der Waals surface area contributed by atoms with Crippen LogP contribution in [0, 0.1) is 0 Å². The van der Waals surface area contributed by atoms with E-state index < -0.39 is 5.51 Å². The van der Waals surface area contributed by atoms with Gasteiger partial charge in [0.1, 0.15) is 0 Å². The first-order chi connectivity index (χ1) is 8.87. The van der Waals surface area contributed by atoms with Gasteiger partial charge in [-0.3, -0.25) is 0 Å². The Kier molecular flexibility index (Phi) is 6.09. The van der Waals surface area contributed by atoms with Crippen LogP contribution in [0.1, 0.15) is 5.56 Å². The molecule has 0 atom stereocenters. The molecule has 0 fully saturated rings. The molecule has 0 aromatic heterocycles. The second-order valence-electron chi connectivity index (χ2n) is 3.40. The molecular formula is C11H12ClF3O3S. The summed E-state index contributed by atoms with van der Waals surface area (Å²) in [6.45, 7) is -0.506. The van der Waals surface area contributed by atoms with Crippen LogP contribution in [0.5, 0.6) is 11.5 Å². The van der Waals surface area contributed by atoms with Crippen molar-refractivity contribution in [3.05, 3.63) is 22.7 Å². The minimum Gasteiger partial charge on any atom is -0.493 e. The van der Waals surface area contributed by atoms with Gasteiger partial charge in [-0.05, 0) is 17.8 Å². The van der Waals surface area contributed by atoms with E-state index in [0.29, 0.717) is 10.6 Å². The van der Waals surface area contributed by atoms with Gasteiger partial charge in [0.2, 0.25) is 0 Å². The molecule has 108 valence electrons. The Morgan fingerprint density at radius 1 is 1.37 bits per heavy atom. The maximum atomic E-state index is 12.0. The zero-order chi connectivity index (χ0) is 14.5. The number of benzene rings is 1. The van der Waals surface area contributed by atoms with Gasteiger partial charge in [0.05, 0.1) is 20.3 Å². The SMILES string of the molecule is COc1cc(Cl)cc(CO)c1OCCSC(F)(F)F. The van der Waals surface area contributed by atoms with E-state index >= 15 is 0 Å². The molecule has 0 amide bonds. The first-order valence-corrected chi connectivity index (χ1v) is 6.54. The standard InChI is InChI=1S/C11H12ClF3O3S/c1-17-9-5-8(12)4-7(6-16)10(9)18-2-3-19-11(13,14)15/h4-5,16H,2-3,6H2,1H3. The summed E-state index contributed by atoms with van der Waals surface area (Å²) >= 11 is 5.63. The molecule has 0 aliphatic heterocycles. The minimum atomic E-state index is -4.28. The number of rotatable bonds is 6. The van der Waals surface area contributed by atoms with Gasteiger partial charge in [-0.1, -0.05) is 11.6 Å². The smallest absolute Gasteiger partial charge is 0.441 e. The quantitative estimate of drug-likeness (QED) is 0.816. The number of aliphatic hydroxyl groups excluding tert-OH is 1. The molecule has 19 heavy (non-hydrogen) atoms. The van der Waals surface area contributed by atoms with Gasteiger partial charge in [0.25, 0.3) is 0 Å². The van der Waals surface area contributed by atoms with Gasteiger partial charge in [0, 0.05) is 22.4 Å². The number of alkyl halides is 3. The van der Waals surface area contributed by atoms with Crippen LogP contribution in [0.4, 0.5) is 13.2 Å². The molecule has 0 aliphatic carbocycles. The fraction of sp³-hybridized carbons (Fsp3) is 0.455. The third kappa shape index (κ3) is 5.38. The summed E-state index contributed by atoms with van der Waals surface area (Å²) in [6, 6.07) is 2.93. The molecule has 0 radical (unpaired) electrons. The van der Waals surface area contributed by atoms with Crippen molar-refractivity contribution >= 4 is 23.4 Å². The van der Waals surface area contributed by atoms with Crippen molar-refractivity contribution in [1.29, 1.82) is 0 Å². The maximum absolute atomic E-state index is 12.0. The normalized spacial score (nSPS) is 11.5. The van der Waals surface area contributed by atoms with Crippen molar-refractivity contribution in [3.63, 3.8) is 0 Å². The Labute approximate surface area is 117 Å². The van der Waals surface area contributed by atoms with Gasteiger partial charge in [0.15, 0.2) is 11.5 Å². The molecule has 1 aromatic carbocycles. The van der Waals surface area contributed by atoms with Gasteiger partial charge in [-0.15, -0.1) is 0 Å². The van der Waals surface area contributed by atoms with Gasteiger partial charge < -0.3 is 14.6 Å². The Morgan fingerprint density at radius 2 is 2.05 bits per heavy atom. The fourth-order valence-corrected chi connectivity index (χ4v) is 1.99.